The van der Waals surface area contributed by atoms with Crippen LogP contribution in [0.2, 0.25) is 10.2 Å². The average Bonchev–Trinajstić information content (AvgIpc) is 2.84. The van der Waals surface area contributed by atoms with Crippen LogP contribution in [0.1, 0.15) is 18.9 Å². The van der Waals surface area contributed by atoms with E-state index in [1.807, 2.05) is 19.1 Å². The molecule has 0 N–H and O–H groups in total. The summed E-state index contributed by atoms with van der Waals surface area (Å²) in [6.45, 7) is 1.87. The first-order valence-electron chi connectivity index (χ1n) is 5.92. The standard InChI is InChI=1S/C13H10Cl2N4O/c1-8(20-10-4-2-3-9(14)5-10)13-18-17-12-7-16-6-11(15)19(12)13/h2-8H,1H3. The molecule has 0 amide bonds. The van der Waals surface area contributed by atoms with Crippen molar-refractivity contribution >= 4 is 28.8 Å². The number of hydrogen-bond donors (Lipinski definition) is 0. The predicted molar refractivity (Wildman–Crippen MR) is 76.3 cm³/mol. The minimum atomic E-state index is -0.330. The van der Waals surface area contributed by atoms with Gasteiger partial charge in [-0.3, -0.25) is 9.38 Å². The molecule has 0 bridgehead atoms. The molecule has 20 heavy (non-hydrogen) atoms. The molecular weight excluding hydrogens is 299 g/mol. The highest BCUT2D eigenvalue weighted by Gasteiger charge is 2.17. The zero-order valence-corrected chi connectivity index (χ0v) is 12.0. The molecule has 3 rings (SSSR count). The largest absolute Gasteiger partial charge is 0.483 e. The van der Waals surface area contributed by atoms with E-state index in [2.05, 4.69) is 15.2 Å². The number of rotatable bonds is 3. The van der Waals surface area contributed by atoms with Crippen LogP contribution in [0.4, 0.5) is 0 Å². The molecule has 0 fully saturated rings. The summed E-state index contributed by atoms with van der Waals surface area (Å²) in [5.41, 5.74) is 0.578. The number of halogens is 2. The van der Waals surface area contributed by atoms with Crippen LogP contribution in [0, 0.1) is 0 Å². The quantitative estimate of drug-likeness (QED) is 0.742. The van der Waals surface area contributed by atoms with Crippen LogP contribution in [0.25, 0.3) is 5.65 Å². The lowest BCUT2D eigenvalue weighted by Gasteiger charge is -2.13. The molecular formula is C13H10Cl2N4O. The van der Waals surface area contributed by atoms with E-state index in [1.165, 1.54) is 6.20 Å². The van der Waals surface area contributed by atoms with Gasteiger partial charge >= 0.3 is 0 Å². The predicted octanol–water partition coefficient (Wildman–Crippen LogP) is 3.57. The van der Waals surface area contributed by atoms with Gasteiger partial charge in [0.1, 0.15) is 10.9 Å². The van der Waals surface area contributed by atoms with Crippen molar-refractivity contribution in [2.75, 3.05) is 0 Å². The molecule has 0 aliphatic carbocycles. The van der Waals surface area contributed by atoms with Gasteiger partial charge in [-0.25, -0.2) is 0 Å². The molecule has 1 atom stereocenters. The molecule has 0 spiro atoms. The van der Waals surface area contributed by atoms with Gasteiger partial charge in [-0.05, 0) is 25.1 Å². The van der Waals surface area contributed by atoms with Gasteiger partial charge in [0.2, 0.25) is 0 Å². The molecule has 102 valence electrons. The number of benzene rings is 1. The van der Waals surface area contributed by atoms with Crippen LogP contribution < -0.4 is 4.74 Å². The molecule has 0 aliphatic rings. The van der Waals surface area contributed by atoms with E-state index >= 15 is 0 Å². The second-order valence-corrected chi connectivity index (χ2v) is 5.02. The maximum absolute atomic E-state index is 6.12. The van der Waals surface area contributed by atoms with Crippen LogP contribution in [-0.2, 0) is 0 Å². The van der Waals surface area contributed by atoms with Crippen molar-refractivity contribution in [1.29, 1.82) is 0 Å². The third-order valence-corrected chi connectivity index (χ3v) is 3.27. The van der Waals surface area contributed by atoms with Crippen LogP contribution in [-0.4, -0.2) is 19.6 Å². The van der Waals surface area contributed by atoms with E-state index < -0.39 is 0 Å². The third kappa shape index (κ3) is 2.42. The van der Waals surface area contributed by atoms with Gasteiger partial charge in [-0.2, -0.15) is 0 Å². The van der Waals surface area contributed by atoms with Crippen LogP contribution >= 0.6 is 23.2 Å². The van der Waals surface area contributed by atoms with E-state index in [0.717, 1.165) is 0 Å². The average molecular weight is 309 g/mol. The monoisotopic (exact) mass is 308 g/mol. The first-order valence-corrected chi connectivity index (χ1v) is 6.67. The molecule has 1 aromatic carbocycles. The summed E-state index contributed by atoms with van der Waals surface area (Å²) < 4.78 is 7.51. The Kier molecular flexibility index (Phi) is 3.46. The van der Waals surface area contributed by atoms with E-state index in [0.29, 0.717) is 27.4 Å². The van der Waals surface area contributed by atoms with Gasteiger partial charge in [-0.15, -0.1) is 10.2 Å². The highest BCUT2D eigenvalue weighted by atomic mass is 35.5. The van der Waals surface area contributed by atoms with E-state index in [1.54, 1.807) is 22.7 Å². The fourth-order valence-electron chi connectivity index (χ4n) is 1.90. The molecule has 1 unspecified atom stereocenters. The summed E-state index contributed by atoms with van der Waals surface area (Å²) >= 11 is 12.1. The Morgan fingerprint density at radius 1 is 1.20 bits per heavy atom. The first kappa shape index (κ1) is 13.1. The van der Waals surface area contributed by atoms with E-state index in [-0.39, 0.29) is 6.10 Å². The Morgan fingerprint density at radius 3 is 2.85 bits per heavy atom. The Morgan fingerprint density at radius 2 is 2.05 bits per heavy atom. The van der Waals surface area contributed by atoms with Gasteiger partial charge in [0.15, 0.2) is 17.6 Å². The molecule has 0 aliphatic heterocycles. The Labute approximate surface area is 125 Å². The van der Waals surface area contributed by atoms with E-state index in [4.69, 9.17) is 27.9 Å². The molecule has 2 heterocycles. The maximum atomic E-state index is 6.12. The molecule has 7 heteroatoms. The van der Waals surface area contributed by atoms with Crippen molar-refractivity contribution in [2.45, 2.75) is 13.0 Å². The first-order chi connectivity index (χ1) is 9.65. The van der Waals surface area contributed by atoms with Gasteiger partial charge in [0.05, 0.1) is 12.4 Å². The summed E-state index contributed by atoms with van der Waals surface area (Å²) in [5, 5.41) is 9.17. The zero-order chi connectivity index (χ0) is 14.1. The summed E-state index contributed by atoms with van der Waals surface area (Å²) in [5.74, 6) is 1.26. The van der Waals surface area contributed by atoms with Crippen LogP contribution in [0.15, 0.2) is 36.7 Å². The number of aromatic nitrogens is 4. The van der Waals surface area contributed by atoms with Crippen molar-refractivity contribution in [1.82, 2.24) is 19.6 Å². The van der Waals surface area contributed by atoms with Gasteiger partial charge in [0.25, 0.3) is 0 Å². The SMILES string of the molecule is CC(Oc1cccc(Cl)c1)c1nnc2cncc(Cl)n12. The summed E-state index contributed by atoms with van der Waals surface area (Å²) in [6, 6.07) is 7.18. The van der Waals surface area contributed by atoms with Crippen LogP contribution in [0.3, 0.4) is 0 Å². The lowest BCUT2D eigenvalue weighted by Crippen LogP contribution is -2.08. The normalized spacial score (nSPS) is 12.6. The highest BCUT2D eigenvalue weighted by Crippen LogP contribution is 2.24. The van der Waals surface area contributed by atoms with Crippen molar-refractivity contribution in [3.8, 4) is 5.75 Å². The molecule has 5 nitrogen and oxygen atoms in total. The summed E-state index contributed by atoms with van der Waals surface area (Å²) in [6.07, 6.45) is 2.80. The Balaban J connectivity index is 1.95. The van der Waals surface area contributed by atoms with Gasteiger partial charge in [0, 0.05) is 5.02 Å². The summed E-state index contributed by atoms with van der Waals surface area (Å²) in [7, 11) is 0. The molecule has 0 saturated heterocycles. The fraction of sp³-hybridized carbons (Fsp3) is 0.154. The minimum absolute atomic E-state index is 0.330. The summed E-state index contributed by atoms with van der Waals surface area (Å²) in [4.78, 5) is 3.97. The van der Waals surface area contributed by atoms with Crippen molar-refractivity contribution < 1.29 is 4.74 Å². The molecule has 3 aromatic rings. The van der Waals surface area contributed by atoms with Crippen molar-refractivity contribution in [2.24, 2.45) is 0 Å². The fourth-order valence-corrected chi connectivity index (χ4v) is 2.30. The van der Waals surface area contributed by atoms with Crippen LogP contribution in [0.5, 0.6) is 5.75 Å². The zero-order valence-electron chi connectivity index (χ0n) is 10.5. The van der Waals surface area contributed by atoms with Gasteiger partial charge in [-0.1, -0.05) is 29.3 Å². The maximum Gasteiger partial charge on any atom is 0.180 e. The molecule has 0 saturated carbocycles. The Bertz CT molecular complexity index is 759. The van der Waals surface area contributed by atoms with Crippen molar-refractivity contribution in [3.63, 3.8) is 0 Å². The number of ether oxygens (including phenoxy) is 1. The third-order valence-electron chi connectivity index (χ3n) is 2.77. The van der Waals surface area contributed by atoms with Crippen molar-refractivity contribution in [3.05, 3.63) is 52.7 Å². The number of fused-ring (bicyclic) bond motifs is 1. The lowest BCUT2D eigenvalue weighted by molar-refractivity contribution is 0.215. The number of hydrogen-bond acceptors (Lipinski definition) is 4. The highest BCUT2D eigenvalue weighted by molar-refractivity contribution is 6.30. The second-order valence-electron chi connectivity index (χ2n) is 4.20. The number of nitrogens with zero attached hydrogens (tertiary/aromatic N) is 4. The smallest absolute Gasteiger partial charge is 0.180 e. The molecule has 0 radical (unpaired) electrons. The van der Waals surface area contributed by atoms with E-state index in [9.17, 15) is 0 Å². The molecule has 2 aromatic heterocycles. The second kappa shape index (κ2) is 5.26. The minimum Gasteiger partial charge on any atom is -0.483 e. The van der Waals surface area contributed by atoms with Gasteiger partial charge < -0.3 is 4.74 Å². The Hall–Kier alpha value is -1.85. The lowest BCUT2D eigenvalue weighted by atomic mass is 10.3. The topological polar surface area (TPSA) is 52.3 Å².